The van der Waals surface area contributed by atoms with Gasteiger partial charge in [-0.25, -0.2) is 0 Å². The SMILES string of the molecule is CCCCCCCCP(=O)([O-])CCCCCCCC.CCCCCCCCP(=O)([O-])CCCCCCCC.CCCCCCCCP(=O)([O-])CCCCCCCC.[Nd+3]. The molecule has 0 aromatic carbocycles. The average Bonchev–Trinajstić information content (AvgIpc) is 3.17. The van der Waals surface area contributed by atoms with Gasteiger partial charge < -0.3 is 28.4 Å². The molecule has 0 heterocycles. The predicted molar refractivity (Wildman–Crippen MR) is 252 cm³/mol. The van der Waals surface area contributed by atoms with Gasteiger partial charge in [-0.3, -0.25) is 0 Å². The molecular formula is C48H102NdO6P3. The standard InChI is InChI=1S/3C16H35O2P.Nd/c3*1-3-5-7-9-11-13-15-19(17,18)16-14-12-10-8-6-4-2;/h3*3-16H2,1-2H3,(H,17,18);/q;;;+3/p-3. The van der Waals surface area contributed by atoms with E-state index < -0.39 is 22.1 Å². The maximum atomic E-state index is 11.8. The van der Waals surface area contributed by atoms with Gasteiger partial charge in [0, 0.05) is 22.1 Å². The van der Waals surface area contributed by atoms with Crippen LogP contribution in [0.3, 0.4) is 0 Å². The Bertz CT molecular complexity index is 748. The van der Waals surface area contributed by atoms with E-state index in [1.165, 1.54) is 154 Å². The fourth-order valence-corrected chi connectivity index (χ4v) is 12.0. The van der Waals surface area contributed by atoms with E-state index in [0.717, 1.165) is 77.0 Å². The van der Waals surface area contributed by atoms with Crippen LogP contribution in [0.25, 0.3) is 0 Å². The molecule has 0 aliphatic carbocycles. The summed E-state index contributed by atoms with van der Waals surface area (Å²) in [5.74, 6) is 0. The van der Waals surface area contributed by atoms with E-state index in [0.29, 0.717) is 37.0 Å². The number of hydrogen-bond donors (Lipinski definition) is 0. The molecule has 0 fully saturated rings. The van der Waals surface area contributed by atoms with Crippen molar-refractivity contribution < 1.29 is 69.2 Å². The molecule has 349 valence electrons. The van der Waals surface area contributed by atoms with Crippen LogP contribution in [-0.2, 0) is 13.7 Å². The van der Waals surface area contributed by atoms with Crippen LogP contribution >= 0.6 is 22.1 Å². The van der Waals surface area contributed by atoms with Gasteiger partial charge in [0.15, 0.2) is 0 Å². The summed E-state index contributed by atoms with van der Waals surface area (Å²) in [6.45, 7) is 13.2. The molecular weight excluding hydrogens is 910 g/mol. The van der Waals surface area contributed by atoms with Gasteiger partial charge in [-0.2, -0.15) is 0 Å². The van der Waals surface area contributed by atoms with Crippen molar-refractivity contribution in [2.75, 3.05) is 37.0 Å². The molecule has 0 amide bonds. The molecule has 0 aromatic rings. The minimum absolute atomic E-state index is 0. The molecule has 0 atom stereocenters. The van der Waals surface area contributed by atoms with Crippen LogP contribution in [0, 0.1) is 40.8 Å². The van der Waals surface area contributed by atoms with Crippen LogP contribution in [0.2, 0.25) is 0 Å². The molecule has 0 aliphatic rings. The first kappa shape index (κ1) is 66.5. The predicted octanol–water partition coefficient (Wildman–Crippen LogP) is 16.0. The number of rotatable bonds is 42. The fraction of sp³-hybridized carbons (Fsp3) is 1.00. The Morgan fingerprint density at radius 3 is 0.448 bits per heavy atom. The molecule has 58 heavy (non-hydrogen) atoms. The first-order valence-corrected chi connectivity index (χ1v) is 31.2. The summed E-state index contributed by atoms with van der Waals surface area (Å²) < 4.78 is 35.5. The molecule has 0 aliphatic heterocycles. The van der Waals surface area contributed by atoms with Gasteiger partial charge in [-0.15, -0.1) is 0 Å². The maximum absolute atomic E-state index is 11.8. The van der Waals surface area contributed by atoms with Crippen LogP contribution in [0.4, 0.5) is 0 Å². The third kappa shape index (κ3) is 60.0. The molecule has 1 radical (unpaired) electrons. The Labute approximate surface area is 397 Å². The van der Waals surface area contributed by atoms with Crippen LogP contribution in [0.15, 0.2) is 0 Å². The van der Waals surface area contributed by atoms with Gasteiger partial charge in [-0.05, 0) is 75.5 Å². The fourth-order valence-electron chi connectivity index (χ4n) is 7.13. The van der Waals surface area contributed by atoms with Crippen molar-refractivity contribution in [3.63, 3.8) is 0 Å². The first-order chi connectivity index (χ1) is 27.4. The molecule has 0 rings (SSSR count). The van der Waals surface area contributed by atoms with E-state index in [1.807, 2.05) is 0 Å². The van der Waals surface area contributed by atoms with E-state index in [-0.39, 0.29) is 40.8 Å². The summed E-state index contributed by atoms with van der Waals surface area (Å²) >= 11 is 0. The third-order valence-electron chi connectivity index (χ3n) is 11.1. The second kappa shape index (κ2) is 51.6. The molecule has 0 aromatic heterocycles. The topological polar surface area (TPSA) is 120 Å². The van der Waals surface area contributed by atoms with Crippen molar-refractivity contribution in [3.8, 4) is 0 Å². The molecule has 0 bridgehead atoms. The van der Waals surface area contributed by atoms with Gasteiger partial charge >= 0.3 is 40.8 Å². The minimum atomic E-state index is -3.05. The zero-order valence-corrected chi connectivity index (χ0v) is 45.9. The zero-order chi connectivity index (χ0) is 43.2. The Morgan fingerprint density at radius 2 is 0.328 bits per heavy atom. The zero-order valence-electron chi connectivity index (χ0n) is 40.0. The summed E-state index contributed by atoms with van der Waals surface area (Å²) in [6.07, 6.45) is 44.4. The number of hydrogen-bond acceptors (Lipinski definition) is 6. The minimum Gasteiger partial charge on any atom is -0.799 e. The van der Waals surface area contributed by atoms with Gasteiger partial charge in [0.2, 0.25) is 0 Å². The maximum Gasteiger partial charge on any atom is 3.00 e. The molecule has 0 spiro atoms. The average molecular weight is 1010 g/mol. The van der Waals surface area contributed by atoms with Crippen LogP contribution in [-0.4, -0.2) is 37.0 Å². The quantitative estimate of drug-likeness (QED) is 0.0444. The molecule has 0 saturated carbocycles. The summed E-state index contributed by atoms with van der Waals surface area (Å²) in [4.78, 5) is 35.5. The van der Waals surface area contributed by atoms with E-state index in [9.17, 15) is 28.4 Å². The summed E-state index contributed by atoms with van der Waals surface area (Å²) in [6, 6.07) is 0. The molecule has 10 heteroatoms. The Morgan fingerprint density at radius 1 is 0.224 bits per heavy atom. The Kier molecular flexibility index (Phi) is 59.1. The Hall–Kier alpha value is 1.92. The van der Waals surface area contributed by atoms with Crippen molar-refractivity contribution >= 4 is 22.1 Å². The van der Waals surface area contributed by atoms with Crippen molar-refractivity contribution in [1.82, 2.24) is 0 Å². The van der Waals surface area contributed by atoms with E-state index in [1.54, 1.807) is 0 Å². The molecule has 0 saturated heterocycles. The normalized spacial score (nSPS) is 11.7. The second-order valence-corrected chi connectivity index (χ2v) is 25.0. The van der Waals surface area contributed by atoms with Crippen LogP contribution in [0.1, 0.15) is 273 Å². The summed E-state index contributed by atoms with van der Waals surface area (Å²) in [5, 5.41) is 0. The van der Waals surface area contributed by atoms with E-state index in [4.69, 9.17) is 0 Å². The van der Waals surface area contributed by atoms with Crippen molar-refractivity contribution in [1.29, 1.82) is 0 Å². The molecule has 0 N–H and O–H groups in total. The smallest absolute Gasteiger partial charge is 0.799 e. The van der Waals surface area contributed by atoms with Gasteiger partial charge in [0.1, 0.15) is 0 Å². The molecule has 0 unspecified atom stereocenters. The van der Waals surface area contributed by atoms with Crippen LogP contribution in [0.5, 0.6) is 0 Å². The largest absolute Gasteiger partial charge is 3.00 e. The van der Waals surface area contributed by atoms with Crippen molar-refractivity contribution in [2.45, 2.75) is 273 Å². The summed E-state index contributed by atoms with van der Waals surface area (Å²) in [5.41, 5.74) is 0. The van der Waals surface area contributed by atoms with E-state index >= 15 is 0 Å². The third-order valence-corrected chi connectivity index (χ3v) is 17.1. The Balaban J connectivity index is -0.000000374. The van der Waals surface area contributed by atoms with Crippen molar-refractivity contribution in [2.24, 2.45) is 0 Å². The molecule has 6 nitrogen and oxygen atoms in total. The van der Waals surface area contributed by atoms with Gasteiger partial charge in [-0.1, -0.05) is 234 Å². The van der Waals surface area contributed by atoms with E-state index in [2.05, 4.69) is 41.5 Å². The second-order valence-electron chi connectivity index (χ2n) is 17.4. The first-order valence-electron chi connectivity index (χ1n) is 25.2. The van der Waals surface area contributed by atoms with Gasteiger partial charge in [0.05, 0.1) is 0 Å². The van der Waals surface area contributed by atoms with Gasteiger partial charge in [0.25, 0.3) is 0 Å². The van der Waals surface area contributed by atoms with Crippen LogP contribution < -0.4 is 14.7 Å². The number of unbranched alkanes of at least 4 members (excludes halogenated alkanes) is 30. The van der Waals surface area contributed by atoms with Crippen molar-refractivity contribution in [3.05, 3.63) is 0 Å². The monoisotopic (exact) mass is 1010 g/mol. The summed E-state index contributed by atoms with van der Waals surface area (Å²) in [7, 11) is -9.16.